The maximum absolute atomic E-state index is 6.54. The number of nitrogens with one attached hydrogen (secondary N) is 2. The minimum Gasteiger partial charge on any atom is -0.326 e. The quantitative estimate of drug-likeness (QED) is 0.783. The van der Waals surface area contributed by atoms with E-state index in [0.717, 1.165) is 23.5 Å². The number of guanidine groups is 1. The number of aromatic nitrogens is 1. The van der Waals surface area contributed by atoms with Gasteiger partial charge in [0, 0.05) is 30.1 Å². The predicted octanol–water partition coefficient (Wildman–Crippen LogP) is 2.95. The second-order valence-corrected chi connectivity index (χ2v) is 6.37. The Labute approximate surface area is 148 Å². The van der Waals surface area contributed by atoms with Crippen LogP contribution >= 0.6 is 0 Å². The molecule has 0 bridgehead atoms. The average Bonchev–Trinajstić information content (AvgIpc) is 2.62. The largest absolute Gasteiger partial charge is 0.326 e. The van der Waals surface area contributed by atoms with Crippen LogP contribution < -0.4 is 16.4 Å². The summed E-state index contributed by atoms with van der Waals surface area (Å²) < 4.78 is 0. The van der Waals surface area contributed by atoms with Crippen LogP contribution in [0.5, 0.6) is 0 Å². The van der Waals surface area contributed by atoms with Gasteiger partial charge in [0.15, 0.2) is 0 Å². The number of nitrogens with two attached hydrogens (primary N) is 1. The number of hydrogen-bond acceptors (Lipinski definition) is 6. The van der Waals surface area contributed by atoms with Crippen LogP contribution in [0.3, 0.4) is 0 Å². The molecule has 1 aliphatic rings. The summed E-state index contributed by atoms with van der Waals surface area (Å²) in [4.78, 5) is 13.4. The monoisotopic (exact) mass is 336 g/mol. The minimum absolute atomic E-state index is 0.426. The van der Waals surface area contributed by atoms with Crippen LogP contribution in [0.4, 0.5) is 5.69 Å². The molecule has 130 valence electrons. The molecule has 25 heavy (non-hydrogen) atoms. The Balaban J connectivity index is 1.91. The number of aliphatic imine (C=N–C) groups is 2. The van der Waals surface area contributed by atoms with Gasteiger partial charge < -0.3 is 10.6 Å². The summed E-state index contributed by atoms with van der Waals surface area (Å²) in [7, 11) is 0. The SMILES string of the molecule is CCC(C)CC1(N)N=C(Nc2ccncc2)NC(c2ccccc2)=N1. The fourth-order valence-corrected chi connectivity index (χ4v) is 2.69. The molecule has 1 aromatic heterocycles. The highest BCUT2D eigenvalue weighted by Gasteiger charge is 2.31. The minimum atomic E-state index is -0.985. The van der Waals surface area contributed by atoms with Crippen molar-refractivity contribution >= 4 is 17.5 Å². The van der Waals surface area contributed by atoms with Crippen LogP contribution in [0.2, 0.25) is 0 Å². The Kier molecular flexibility index (Phi) is 5.09. The number of anilines is 1. The van der Waals surface area contributed by atoms with Gasteiger partial charge in [-0.15, -0.1) is 0 Å². The van der Waals surface area contributed by atoms with Crippen molar-refractivity contribution in [1.82, 2.24) is 10.3 Å². The molecule has 0 radical (unpaired) electrons. The molecule has 1 aliphatic heterocycles. The van der Waals surface area contributed by atoms with Crippen molar-refractivity contribution in [2.75, 3.05) is 5.32 Å². The zero-order valence-electron chi connectivity index (χ0n) is 14.6. The van der Waals surface area contributed by atoms with Crippen molar-refractivity contribution in [3.05, 3.63) is 60.4 Å². The first-order chi connectivity index (χ1) is 12.1. The van der Waals surface area contributed by atoms with E-state index in [1.54, 1.807) is 12.4 Å². The molecule has 0 aliphatic carbocycles. The first-order valence-corrected chi connectivity index (χ1v) is 8.56. The smallest absolute Gasteiger partial charge is 0.208 e. The Bertz CT molecular complexity index is 756. The van der Waals surface area contributed by atoms with Crippen molar-refractivity contribution in [2.24, 2.45) is 21.6 Å². The molecule has 0 fully saturated rings. The number of hydrogen-bond donors (Lipinski definition) is 3. The van der Waals surface area contributed by atoms with E-state index in [9.17, 15) is 0 Å². The molecule has 2 aromatic rings. The third-order valence-corrected chi connectivity index (χ3v) is 4.18. The van der Waals surface area contributed by atoms with Crippen LogP contribution in [0.15, 0.2) is 64.8 Å². The molecular weight excluding hydrogens is 312 g/mol. The zero-order chi connectivity index (χ0) is 17.7. The maximum Gasteiger partial charge on any atom is 0.208 e. The van der Waals surface area contributed by atoms with Gasteiger partial charge in [0.2, 0.25) is 11.7 Å². The van der Waals surface area contributed by atoms with E-state index in [0.29, 0.717) is 18.3 Å². The van der Waals surface area contributed by atoms with Gasteiger partial charge in [0.1, 0.15) is 5.84 Å². The second-order valence-electron chi connectivity index (χ2n) is 6.37. The lowest BCUT2D eigenvalue weighted by atomic mass is 10.00. The molecule has 2 atom stereocenters. The highest BCUT2D eigenvalue weighted by atomic mass is 15.4. The summed E-state index contributed by atoms with van der Waals surface area (Å²) in [5.74, 6) is 0.750. The van der Waals surface area contributed by atoms with Gasteiger partial charge in [-0.2, -0.15) is 0 Å². The summed E-state index contributed by atoms with van der Waals surface area (Å²) in [6, 6.07) is 13.7. The molecule has 0 saturated carbocycles. The van der Waals surface area contributed by atoms with Crippen LogP contribution in [-0.4, -0.2) is 22.6 Å². The standard InChI is InChI=1S/C19H24N6/c1-3-14(2)13-19(20)24-17(15-7-5-4-6-8-15)23-18(25-19)22-16-9-11-21-12-10-16/h4-12,14H,3,13,20H2,1-2H3,(H2,21,22,23,24,25). The highest BCUT2D eigenvalue weighted by molar-refractivity contribution is 6.13. The predicted molar refractivity (Wildman–Crippen MR) is 102 cm³/mol. The molecule has 6 heteroatoms. The average molecular weight is 336 g/mol. The summed E-state index contributed by atoms with van der Waals surface area (Å²) in [5, 5.41) is 6.52. The number of rotatable bonds is 5. The summed E-state index contributed by atoms with van der Waals surface area (Å²) in [6.07, 6.45) is 5.17. The zero-order valence-corrected chi connectivity index (χ0v) is 14.6. The van der Waals surface area contributed by atoms with Crippen molar-refractivity contribution < 1.29 is 0 Å². The highest BCUT2D eigenvalue weighted by Crippen LogP contribution is 2.23. The number of pyridine rings is 1. The first kappa shape index (κ1) is 17.1. The topological polar surface area (TPSA) is 87.7 Å². The Hall–Kier alpha value is -2.73. The van der Waals surface area contributed by atoms with Crippen LogP contribution in [-0.2, 0) is 0 Å². The lowest BCUT2D eigenvalue weighted by Gasteiger charge is -2.30. The van der Waals surface area contributed by atoms with E-state index in [2.05, 4.69) is 34.5 Å². The lowest BCUT2D eigenvalue weighted by Crippen LogP contribution is -2.50. The summed E-state index contributed by atoms with van der Waals surface area (Å²) in [5.41, 5.74) is 8.41. The fourth-order valence-electron chi connectivity index (χ4n) is 2.69. The van der Waals surface area contributed by atoms with Crippen LogP contribution in [0, 0.1) is 5.92 Å². The molecule has 0 saturated heterocycles. The van der Waals surface area contributed by atoms with E-state index in [1.165, 1.54) is 0 Å². The Morgan fingerprint density at radius 1 is 1.12 bits per heavy atom. The van der Waals surface area contributed by atoms with Gasteiger partial charge in [0.25, 0.3) is 0 Å². The van der Waals surface area contributed by atoms with Crippen LogP contribution in [0.1, 0.15) is 32.3 Å². The number of benzene rings is 1. The molecule has 1 aromatic carbocycles. The normalized spacial score (nSPS) is 20.9. The van der Waals surface area contributed by atoms with Gasteiger partial charge in [-0.3, -0.25) is 10.7 Å². The van der Waals surface area contributed by atoms with Crippen LogP contribution in [0.25, 0.3) is 0 Å². The fraction of sp³-hybridized carbons (Fsp3) is 0.316. The third kappa shape index (κ3) is 4.42. The Morgan fingerprint density at radius 3 is 2.52 bits per heavy atom. The second kappa shape index (κ2) is 7.44. The lowest BCUT2D eigenvalue weighted by molar-refractivity contribution is 0.343. The molecule has 0 spiro atoms. The summed E-state index contributed by atoms with van der Waals surface area (Å²) >= 11 is 0. The molecule has 3 rings (SSSR count). The van der Waals surface area contributed by atoms with Crippen molar-refractivity contribution in [1.29, 1.82) is 0 Å². The molecule has 6 nitrogen and oxygen atoms in total. The first-order valence-electron chi connectivity index (χ1n) is 8.56. The van der Waals surface area contributed by atoms with E-state index in [1.807, 2.05) is 42.5 Å². The van der Waals surface area contributed by atoms with Gasteiger partial charge in [-0.25, -0.2) is 9.98 Å². The number of nitrogens with zero attached hydrogens (tertiary/aromatic N) is 3. The van der Waals surface area contributed by atoms with E-state index >= 15 is 0 Å². The maximum atomic E-state index is 6.54. The van der Waals surface area contributed by atoms with Crippen molar-refractivity contribution in [2.45, 2.75) is 32.5 Å². The Morgan fingerprint density at radius 2 is 1.84 bits per heavy atom. The number of amidine groups is 1. The third-order valence-electron chi connectivity index (χ3n) is 4.18. The van der Waals surface area contributed by atoms with E-state index < -0.39 is 5.79 Å². The molecule has 2 heterocycles. The molecule has 0 amide bonds. The molecule has 2 unspecified atom stereocenters. The molecule has 4 N–H and O–H groups in total. The van der Waals surface area contributed by atoms with Gasteiger partial charge in [-0.1, -0.05) is 50.6 Å². The summed E-state index contributed by atoms with van der Waals surface area (Å²) in [6.45, 7) is 4.32. The van der Waals surface area contributed by atoms with E-state index in [4.69, 9.17) is 10.7 Å². The van der Waals surface area contributed by atoms with Crippen molar-refractivity contribution in [3.8, 4) is 0 Å². The van der Waals surface area contributed by atoms with E-state index in [-0.39, 0.29) is 0 Å². The van der Waals surface area contributed by atoms with Gasteiger partial charge in [-0.05, 0) is 18.1 Å². The van der Waals surface area contributed by atoms with Gasteiger partial charge >= 0.3 is 0 Å². The van der Waals surface area contributed by atoms with Crippen molar-refractivity contribution in [3.63, 3.8) is 0 Å². The molecular formula is C19H24N6. The van der Waals surface area contributed by atoms with Gasteiger partial charge in [0.05, 0.1) is 0 Å².